The zero-order valence-corrected chi connectivity index (χ0v) is 18.4. The number of amides is 1. The lowest BCUT2D eigenvalue weighted by Gasteiger charge is -2.21. The number of nitrogens with one attached hydrogen (secondary N) is 1. The van der Waals surface area contributed by atoms with Crippen molar-refractivity contribution in [1.82, 2.24) is 4.31 Å². The molecule has 1 N–H and O–H groups in total. The second kappa shape index (κ2) is 9.91. The SMILES string of the molecule is Cc1ccccc1C(=O)Nc1cc(S(=O)(=O)N2CCCCCC2)ccc1OCC(F)(F)F. The van der Waals surface area contributed by atoms with E-state index < -0.39 is 28.7 Å². The van der Waals surface area contributed by atoms with E-state index in [-0.39, 0.29) is 16.3 Å². The maximum atomic E-state index is 13.1. The van der Waals surface area contributed by atoms with Crippen molar-refractivity contribution in [3.63, 3.8) is 0 Å². The summed E-state index contributed by atoms with van der Waals surface area (Å²) in [6, 6.07) is 10.2. The van der Waals surface area contributed by atoms with Gasteiger partial charge >= 0.3 is 6.18 Å². The predicted molar refractivity (Wildman–Crippen MR) is 114 cm³/mol. The Morgan fingerprint density at radius 2 is 1.72 bits per heavy atom. The van der Waals surface area contributed by atoms with Gasteiger partial charge in [-0.25, -0.2) is 8.42 Å². The van der Waals surface area contributed by atoms with Crippen LogP contribution >= 0.6 is 0 Å². The van der Waals surface area contributed by atoms with Crippen LogP contribution in [0, 0.1) is 6.92 Å². The van der Waals surface area contributed by atoms with E-state index in [1.807, 2.05) is 0 Å². The molecule has 10 heteroatoms. The lowest BCUT2D eigenvalue weighted by molar-refractivity contribution is -0.153. The molecule has 0 aromatic heterocycles. The first-order valence-corrected chi connectivity index (χ1v) is 11.7. The molecule has 0 unspecified atom stereocenters. The van der Waals surface area contributed by atoms with Gasteiger partial charge in [-0.05, 0) is 49.6 Å². The summed E-state index contributed by atoms with van der Waals surface area (Å²) in [6.45, 7) is 0.897. The van der Waals surface area contributed by atoms with Gasteiger partial charge in [0.25, 0.3) is 5.91 Å². The highest BCUT2D eigenvalue weighted by Gasteiger charge is 2.30. The third kappa shape index (κ3) is 6.01. The van der Waals surface area contributed by atoms with Crippen LogP contribution in [0.4, 0.5) is 18.9 Å². The van der Waals surface area contributed by atoms with E-state index in [1.54, 1.807) is 31.2 Å². The first-order chi connectivity index (χ1) is 15.1. The maximum Gasteiger partial charge on any atom is 0.422 e. The Morgan fingerprint density at radius 3 is 2.34 bits per heavy atom. The fraction of sp³-hybridized carbons (Fsp3) is 0.409. The van der Waals surface area contributed by atoms with Gasteiger partial charge in [0.1, 0.15) is 5.75 Å². The molecule has 1 aliphatic heterocycles. The molecule has 2 aromatic rings. The monoisotopic (exact) mass is 470 g/mol. The van der Waals surface area contributed by atoms with Gasteiger partial charge in [-0.15, -0.1) is 0 Å². The number of ether oxygens (including phenoxy) is 1. The normalized spacial score (nSPS) is 15.8. The Kier molecular flexibility index (Phi) is 7.45. The number of alkyl halides is 3. The molecule has 0 aliphatic carbocycles. The highest BCUT2D eigenvalue weighted by atomic mass is 32.2. The number of anilines is 1. The third-order valence-electron chi connectivity index (χ3n) is 5.18. The summed E-state index contributed by atoms with van der Waals surface area (Å²) in [5.74, 6) is -0.844. The van der Waals surface area contributed by atoms with Crippen LogP contribution in [0.5, 0.6) is 5.75 Å². The quantitative estimate of drug-likeness (QED) is 0.661. The minimum Gasteiger partial charge on any atom is -0.482 e. The number of hydrogen-bond donors (Lipinski definition) is 1. The van der Waals surface area contributed by atoms with Crippen molar-refractivity contribution in [2.45, 2.75) is 43.7 Å². The molecule has 174 valence electrons. The smallest absolute Gasteiger partial charge is 0.422 e. The summed E-state index contributed by atoms with van der Waals surface area (Å²) < 4.78 is 70.5. The van der Waals surface area contributed by atoms with Gasteiger partial charge in [0.05, 0.1) is 10.6 Å². The Morgan fingerprint density at radius 1 is 1.06 bits per heavy atom. The largest absolute Gasteiger partial charge is 0.482 e. The van der Waals surface area contributed by atoms with Crippen LogP contribution in [0.1, 0.15) is 41.6 Å². The van der Waals surface area contributed by atoms with Gasteiger partial charge in [-0.1, -0.05) is 31.0 Å². The van der Waals surface area contributed by atoms with Gasteiger partial charge < -0.3 is 10.1 Å². The van der Waals surface area contributed by atoms with Crippen molar-refractivity contribution >= 4 is 21.6 Å². The molecule has 2 aromatic carbocycles. The van der Waals surface area contributed by atoms with Crippen LogP contribution in [-0.4, -0.2) is 44.5 Å². The van der Waals surface area contributed by atoms with Gasteiger partial charge in [0.15, 0.2) is 6.61 Å². The molecule has 1 amide bonds. The molecule has 0 saturated carbocycles. The molecule has 32 heavy (non-hydrogen) atoms. The summed E-state index contributed by atoms with van der Waals surface area (Å²) in [6.07, 6.45) is -1.23. The average Bonchev–Trinajstić information content (AvgIpc) is 3.02. The topological polar surface area (TPSA) is 75.7 Å². The standard InChI is InChI=1S/C22H25F3N2O4S/c1-16-8-4-5-9-18(16)21(28)26-19-14-17(10-11-20(19)31-15-22(23,24)25)32(29,30)27-12-6-2-3-7-13-27/h4-5,8-11,14H,2-3,6-7,12-13,15H2,1H3,(H,26,28). The molecular formula is C22H25F3N2O4S. The van der Waals surface area contributed by atoms with Gasteiger partial charge in [-0.2, -0.15) is 17.5 Å². The fourth-order valence-corrected chi connectivity index (χ4v) is 5.04. The van der Waals surface area contributed by atoms with E-state index in [9.17, 15) is 26.4 Å². The van der Waals surface area contributed by atoms with Crippen molar-refractivity contribution in [3.05, 3.63) is 53.6 Å². The molecule has 6 nitrogen and oxygen atoms in total. The molecule has 1 saturated heterocycles. The molecule has 0 bridgehead atoms. The van der Waals surface area contributed by atoms with Gasteiger partial charge in [-0.3, -0.25) is 4.79 Å². The Balaban J connectivity index is 1.95. The summed E-state index contributed by atoms with van der Waals surface area (Å²) in [4.78, 5) is 12.6. The molecule has 0 radical (unpaired) electrons. The predicted octanol–water partition coefficient (Wildman–Crippen LogP) is 4.75. The molecule has 0 spiro atoms. The van der Waals surface area contributed by atoms with E-state index in [0.717, 1.165) is 37.8 Å². The Labute approximate surface area is 185 Å². The summed E-state index contributed by atoms with van der Waals surface area (Å²) in [5, 5.41) is 2.52. The zero-order valence-electron chi connectivity index (χ0n) is 17.6. The summed E-state index contributed by atoms with van der Waals surface area (Å²) in [7, 11) is -3.87. The number of sulfonamides is 1. The molecular weight excluding hydrogens is 445 g/mol. The first kappa shape index (κ1) is 24.1. The van der Waals surface area contributed by atoms with E-state index in [4.69, 9.17) is 4.74 Å². The number of carbonyl (C=O) groups is 1. The number of halogens is 3. The second-order valence-corrected chi connectivity index (χ2v) is 9.59. The summed E-state index contributed by atoms with van der Waals surface area (Å²) >= 11 is 0. The first-order valence-electron chi connectivity index (χ1n) is 10.3. The number of aryl methyl sites for hydroxylation is 1. The van der Waals surface area contributed by atoms with Crippen molar-refractivity contribution < 1.29 is 31.1 Å². The van der Waals surface area contributed by atoms with Crippen LogP contribution in [-0.2, 0) is 10.0 Å². The zero-order chi connectivity index (χ0) is 23.4. The minimum absolute atomic E-state index is 0.112. The van der Waals surface area contributed by atoms with E-state index in [0.29, 0.717) is 24.2 Å². The highest BCUT2D eigenvalue weighted by molar-refractivity contribution is 7.89. The van der Waals surface area contributed by atoms with E-state index in [2.05, 4.69) is 5.32 Å². The Bertz CT molecular complexity index is 1060. The minimum atomic E-state index is -4.59. The molecule has 1 aliphatic rings. The number of nitrogens with zero attached hydrogens (tertiary/aromatic N) is 1. The maximum absolute atomic E-state index is 13.1. The van der Waals surface area contributed by atoms with Crippen molar-refractivity contribution in [1.29, 1.82) is 0 Å². The second-order valence-electron chi connectivity index (χ2n) is 7.65. The van der Waals surface area contributed by atoms with Crippen molar-refractivity contribution in [3.8, 4) is 5.75 Å². The van der Waals surface area contributed by atoms with Crippen LogP contribution in [0.3, 0.4) is 0 Å². The van der Waals surface area contributed by atoms with Crippen LogP contribution in [0.15, 0.2) is 47.4 Å². The molecule has 1 heterocycles. The third-order valence-corrected chi connectivity index (χ3v) is 7.08. The number of benzene rings is 2. The molecule has 0 atom stereocenters. The number of hydrogen-bond acceptors (Lipinski definition) is 4. The number of rotatable bonds is 6. The molecule has 1 fully saturated rings. The number of carbonyl (C=O) groups excluding carboxylic acids is 1. The van der Waals surface area contributed by atoms with E-state index >= 15 is 0 Å². The lowest BCUT2D eigenvalue weighted by Crippen LogP contribution is -2.32. The highest BCUT2D eigenvalue weighted by Crippen LogP contribution is 2.32. The molecule has 3 rings (SSSR count). The van der Waals surface area contributed by atoms with Crippen LogP contribution in [0.2, 0.25) is 0 Å². The lowest BCUT2D eigenvalue weighted by atomic mass is 10.1. The Hall–Kier alpha value is -2.59. The van der Waals surface area contributed by atoms with Crippen LogP contribution < -0.4 is 10.1 Å². The van der Waals surface area contributed by atoms with Gasteiger partial charge in [0.2, 0.25) is 10.0 Å². The summed E-state index contributed by atoms with van der Waals surface area (Å²) in [5.41, 5.74) is 0.838. The average molecular weight is 471 g/mol. The van der Waals surface area contributed by atoms with E-state index in [1.165, 1.54) is 10.4 Å². The van der Waals surface area contributed by atoms with Crippen molar-refractivity contribution in [2.75, 3.05) is 25.0 Å². The fourth-order valence-electron chi connectivity index (χ4n) is 3.50. The van der Waals surface area contributed by atoms with Crippen molar-refractivity contribution in [2.24, 2.45) is 0 Å². The van der Waals surface area contributed by atoms with Crippen LogP contribution in [0.25, 0.3) is 0 Å². The van der Waals surface area contributed by atoms with Gasteiger partial charge in [0, 0.05) is 18.7 Å².